The van der Waals surface area contributed by atoms with Crippen LogP contribution < -0.4 is 11.1 Å². The normalized spacial score (nSPS) is 14.8. The van der Waals surface area contributed by atoms with Crippen molar-refractivity contribution in [1.82, 2.24) is 9.88 Å². The lowest BCUT2D eigenvalue weighted by Gasteiger charge is -2.06. The van der Waals surface area contributed by atoms with Crippen molar-refractivity contribution in [2.75, 3.05) is 13.1 Å². The fourth-order valence-electron chi connectivity index (χ4n) is 1.82. The highest BCUT2D eigenvalue weighted by Crippen LogP contribution is 2.37. The van der Waals surface area contributed by atoms with Crippen LogP contribution in [0, 0.1) is 10.1 Å². The summed E-state index contributed by atoms with van der Waals surface area (Å²) in [6.45, 7) is 0.777. The van der Waals surface area contributed by atoms with Crippen molar-refractivity contribution in [3.8, 4) is 0 Å². The molecule has 0 aromatic carbocycles. The first-order chi connectivity index (χ1) is 9.13. The van der Waals surface area contributed by atoms with E-state index >= 15 is 0 Å². The van der Waals surface area contributed by atoms with Gasteiger partial charge in [-0.1, -0.05) is 12.2 Å². The summed E-state index contributed by atoms with van der Waals surface area (Å²) in [6.07, 6.45) is 6.83. The minimum Gasteiger partial charge on any atom is -0.347 e. The van der Waals surface area contributed by atoms with Crippen LogP contribution in [0.2, 0.25) is 0 Å². The number of carbonyl (C=O) groups is 1. The second-order valence-corrected chi connectivity index (χ2v) is 4.40. The topological polar surface area (TPSA) is 103 Å². The third-order valence-corrected chi connectivity index (χ3v) is 2.90. The Kier molecular flexibility index (Phi) is 3.96. The van der Waals surface area contributed by atoms with E-state index in [2.05, 4.69) is 5.32 Å². The van der Waals surface area contributed by atoms with Gasteiger partial charge in [0.25, 0.3) is 11.6 Å². The Morgan fingerprint density at radius 2 is 2.32 bits per heavy atom. The van der Waals surface area contributed by atoms with E-state index in [1.807, 2.05) is 0 Å². The SMILES string of the molecule is NC/C=C/CNC(=O)c1cc([N+](=O)[O-])cn1C1CC1. The van der Waals surface area contributed by atoms with Gasteiger partial charge in [-0.2, -0.15) is 0 Å². The smallest absolute Gasteiger partial charge is 0.287 e. The fraction of sp³-hybridized carbons (Fsp3) is 0.417. The van der Waals surface area contributed by atoms with Gasteiger partial charge >= 0.3 is 0 Å². The van der Waals surface area contributed by atoms with E-state index in [4.69, 9.17) is 5.73 Å². The largest absolute Gasteiger partial charge is 0.347 e. The molecule has 1 heterocycles. The third kappa shape index (κ3) is 3.19. The Morgan fingerprint density at radius 1 is 1.58 bits per heavy atom. The van der Waals surface area contributed by atoms with E-state index < -0.39 is 4.92 Å². The minimum absolute atomic E-state index is 0.0467. The van der Waals surface area contributed by atoms with Crippen molar-refractivity contribution in [2.24, 2.45) is 5.73 Å². The summed E-state index contributed by atoms with van der Waals surface area (Å²) in [4.78, 5) is 22.3. The molecule has 0 radical (unpaired) electrons. The van der Waals surface area contributed by atoms with E-state index in [-0.39, 0.29) is 17.6 Å². The van der Waals surface area contributed by atoms with Crippen LogP contribution in [-0.4, -0.2) is 28.5 Å². The lowest BCUT2D eigenvalue weighted by molar-refractivity contribution is -0.384. The Labute approximate surface area is 110 Å². The van der Waals surface area contributed by atoms with Gasteiger partial charge in [0.2, 0.25) is 0 Å². The zero-order valence-corrected chi connectivity index (χ0v) is 10.4. The maximum absolute atomic E-state index is 12.0. The van der Waals surface area contributed by atoms with Gasteiger partial charge in [-0.25, -0.2) is 0 Å². The fourth-order valence-corrected chi connectivity index (χ4v) is 1.82. The molecule has 0 saturated heterocycles. The molecule has 1 aliphatic rings. The molecular formula is C12H16N4O3. The highest BCUT2D eigenvalue weighted by atomic mass is 16.6. The number of nitro groups is 1. The number of aromatic nitrogens is 1. The number of nitrogens with zero attached hydrogens (tertiary/aromatic N) is 2. The average molecular weight is 264 g/mol. The lowest BCUT2D eigenvalue weighted by atomic mass is 10.3. The molecule has 102 valence electrons. The third-order valence-electron chi connectivity index (χ3n) is 2.90. The summed E-state index contributed by atoms with van der Waals surface area (Å²) in [7, 11) is 0. The van der Waals surface area contributed by atoms with Gasteiger partial charge in [-0.05, 0) is 12.8 Å². The molecule has 1 aliphatic carbocycles. The van der Waals surface area contributed by atoms with Crippen molar-refractivity contribution in [2.45, 2.75) is 18.9 Å². The number of hydrogen-bond acceptors (Lipinski definition) is 4. The number of rotatable bonds is 6. The monoisotopic (exact) mass is 264 g/mol. The van der Waals surface area contributed by atoms with Crippen LogP contribution in [0.3, 0.4) is 0 Å². The first kappa shape index (κ1) is 13.3. The van der Waals surface area contributed by atoms with Gasteiger partial charge in [-0.3, -0.25) is 14.9 Å². The molecule has 0 unspecified atom stereocenters. The van der Waals surface area contributed by atoms with Crippen molar-refractivity contribution in [1.29, 1.82) is 0 Å². The average Bonchev–Trinajstić information content (AvgIpc) is 3.12. The number of nitrogens with one attached hydrogen (secondary N) is 1. The Morgan fingerprint density at radius 3 is 2.89 bits per heavy atom. The molecule has 0 aliphatic heterocycles. The highest BCUT2D eigenvalue weighted by molar-refractivity contribution is 5.93. The van der Waals surface area contributed by atoms with E-state index in [1.54, 1.807) is 16.7 Å². The highest BCUT2D eigenvalue weighted by Gasteiger charge is 2.30. The summed E-state index contributed by atoms with van der Waals surface area (Å²) >= 11 is 0. The number of hydrogen-bond donors (Lipinski definition) is 2. The molecule has 3 N–H and O–H groups in total. The lowest BCUT2D eigenvalue weighted by Crippen LogP contribution is -2.25. The molecule has 1 fully saturated rings. The van der Waals surface area contributed by atoms with E-state index in [0.717, 1.165) is 12.8 Å². The molecule has 0 bridgehead atoms. The first-order valence-corrected chi connectivity index (χ1v) is 6.13. The predicted octanol–water partition coefficient (Wildman–Crippen LogP) is 0.976. The number of nitrogens with two attached hydrogens (primary N) is 1. The van der Waals surface area contributed by atoms with Gasteiger partial charge in [0.1, 0.15) is 5.69 Å². The van der Waals surface area contributed by atoms with Crippen molar-refractivity contribution in [3.05, 3.63) is 40.2 Å². The summed E-state index contributed by atoms with van der Waals surface area (Å²) in [6, 6.07) is 1.54. The van der Waals surface area contributed by atoms with E-state index in [0.29, 0.717) is 18.8 Å². The van der Waals surface area contributed by atoms with Crippen LogP contribution in [0.4, 0.5) is 5.69 Å². The van der Waals surface area contributed by atoms with Crippen LogP contribution in [0.25, 0.3) is 0 Å². The Bertz CT molecular complexity index is 517. The molecule has 7 nitrogen and oxygen atoms in total. The Hall–Kier alpha value is -2.15. The molecule has 1 aromatic heterocycles. The van der Waals surface area contributed by atoms with Gasteiger partial charge in [0, 0.05) is 25.2 Å². The maximum atomic E-state index is 12.0. The molecule has 19 heavy (non-hydrogen) atoms. The molecule has 1 amide bonds. The number of amides is 1. The number of carbonyl (C=O) groups excluding carboxylic acids is 1. The predicted molar refractivity (Wildman–Crippen MR) is 69.9 cm³/mol. The van der Waals surface area contributed by atoms with Gasteiger partial charge in [0.05, 0.1) is 11.1 Å². The van der Waals surface area contributed by atoms with Crippen LogP contribution in [0.15, 0.2) is 24.4 Å². The standard InChI is InChI=1S/C12H16N4O3/c13-5-1-2-6-14-12(17)11-7-10(16(18)19)8-15(11)9-3-4-9/h1-2,7-9H,3-6,13H2,(H,14,17)/b2-1+. The summed E-state index contributed by atoms with van der Waals surface area (Å²) < 4.78 is 1.69. The van der Waals surface area contributed by atoms with Crippen LogP contribution in [0.5, 0.6) is 0 Å². The molecular weight excluding hydrogens is 248 g/mol. The Balaban J connectivity index is 2.11. The summed E-state index contributed by atoms with van der Waals surface area (Å²) in [5.74, 6) is -0.304. The quantitative estimate of drug-likeness (QED) is 0.454. The van der Waals surface area contributed by atoms with Crippen molar-refractivity contribution < 1.29 is 9.72 Å². The maximum Gasteiger partial charge on any atom is 0.287 e. The summed E-state index contributed by atoms with van der Waals surface area (Å²) in [5.41, 5.74) is 5.58. The van der Waals surface area contributed by atoms with Crippen molar-refractivity contribution in [3.63, 3.8) is 0 Å². The van der Waals surface area contributed by atoms with Crippen molar-refractivity contribution >= 4 is 11.6 Å². The van der Waals surface area contributed by atoms with Gasteiger partial charge in [0.15, 0.2) is 0 Å². The van der Waals surface area contributed by atoms with Gasteiger partial charge in [-0.15, -0.1) is 0 Å². The second kappa shape index (κ2) is 5.66. The molecule has 1 aromatic rings. The molecule has 0 spiro atoms. The first-order valence-electron chi connectivity index (χ1n) is 6.13. The van der Waals surface area contributed by atoms with Crippen LogP contribution in [0.1, 0.15) is 29.4 Å². The zero-order valence-electron chi connectivity index (χ0n) is 10.4. The molecule has 7 heteroatoms. The summed E-state index contributed by atoms with van der Waals surface area (Å²) in [5, 5.41) is 13.5. The van der Waals surface area contributed by atoms with Crippen LogP contribution >= 0.6 is 0 Å². The van der Waals surface area contributed by atoms with Crippen LogP contribution in [-0.2, 0) is 0 Å². The molecule has 2 rings (SSSR count). The zero-order chi connectivity index (χ0) is 13.8. The van der Waals surface area contributed by atoms with Gasteiger partial charge < -0.3 is 15.6 Å². The minimum atomic E-state index is -0.482. The molecule has 0 atom stereocenters. The molecule has 1 saturated carbocycles. The van der Waals surface area contributed by atoms with E-state index in [1.165, 1.54) is 12.3 Å². The van der Waals surface area contributed by atoms with E-state index in [9.17, 15) is 14.9 Å². The second-order valence-electron chi connectivity index (χ2n) is 4.40.